The predicted molar refractivity (Wildman–Crippen MR) is 247 cm³/mol. The Balaban J connectivity index is 0.000000148. The van der Waals surface area contributed by atoms with Crippen molar-refractivity contribution in [2.45, 2.75) is 120 Å². The van der Waals surface area contributed by atoms with Crippen molar-refractivity contribution in [3.63, 3.8) is 0 Å². The molecule has 0 spiro atoms. The van der Waals surface area contributed by atoms with Crippen molar-refractivity contribution in [3.05, 3.63) is 171 Å². The molecule has 320 valence electrons. The molecule has 0 N–H and O–H groups in total. The molecule has 8 aliphatic rings. The Morgan fingerprint density at radius 1 is 0.721 bits per heavy atom. The molecule has 2 unspecified atom stereocenters. The van der Waals surface area contributed by atoms with Crippen LogP contribution in [0.1, 0.15) is 140 Å². The quantitative estimate of drug-likeness (QED) is 0.180. The number of rotatable bonds is 3. The number of hydrogen-bond donors (Lipinski definition) is 0. The van der Waals surface area contributed by atoms with Crippen LogP contribution in [0.5, 0.6) is 0 Å². The molecule has 4 aromatic carbocycles. The Morgan fingerprint density at radius 3 is 1.84 bits per heavy atom. The van der Waals surface area contributed by atoms with E-state index in [0.717, 1.165) is 36.0 Å². The maximum atomic E-state index is 2.62. The molecule has 3 heteroatoms. The van der Waals surface area contributed by atoms with E-state index in [1.165, 1.54) is 68.1 Å². The van der Waals surface area contributed by atoms with Gasteiger partial charge < -0.3 is 24.8 Å². The Labute approximate surface area is 397 Å². The van der Waals surface area contributed by atoms with E-state index in [1.54, 1.807) is 65.9 Å². The van der Waals surface area contributed by atoms with Crippen molar-refractivity contribution in [1.82, 2.24) is 0 Å². The molecule has 4 bridgehead atoms. The molecule has 0 heterocycles. The first kappa shape index (κ1) is 46.4. The van der Waals surface area contributed by atoms with Gasteiger partial charge in [-0.15, -0.1) is 6.92 Å². The summed E-state index contributed by atoms with van der Waals surface area (Å²) < 4.78 is 1.42. The fraction of sp³-hybridized carbons (Fsp3) is 0.466. The van der Waals surface area contributed by atoms with Crippen LogP contribution in [0.4, 0.5) is 0 Å². The van der Waals surface area contributed by atoms with Crippen molar-refractivity contribution in [3.8, 4) is 0 Å². The van der Waals surface area contributed by atoms with Crippen LogP contribution in [0, 0.1) is 64.1 Å². The van der Waals surface area contributed by atoms with E-state index < -0.39 is 0 Å². The minimum atomic E-state index is 0. The van der Waals surface area contributed by atoms with E-state index in [2.05, 4.69) is 178 Å². The number of hydrogen-bond acceptors (Lipinski definition) is 0. The summed E-state index contributed by atoms with van der Waals surface area (Å²) in [5, 5.41) is 0. The van der Waals surface area contributed by atoms with Crippen LogP contribution in [0.3, 0.4) is 0 Å². The fourth-order valence-corrected chi connectivity index (χ4v) is 15.0. The van der Waals surface area contributed by atoms with Crippen LogP contribution < -0.4 is 24.8 Å². The second-order valence-corrected chi connectivity index (χ2v) is 22.8. The topological polar surface area (TPSA) is 0 Å². The van der Waals surface area contributed by atoms with Gasteiger partial charge in [0.15, 0.2) is 0 Å². The molecule has 4 aromatic rings. The van der Waals surface area contributed by atoms with E-state index in [4.69, 9.17) is 0 Å². The zero-order chi connectivity index (χ0) is 41.5. The summed E-state index contributed by atoms with van der Waals surface area (Å²) >= 11 is 1.46. The molecule has 0 nitrogen and oxygen atoms in total. The van der Waals surface area contributed by atoms with Crippen LogP contribution in [0.25, 0.3) is 5.57 Å². The summed E-state index contributed by atoms with van der Waals surface area (Å²) in [6.07, 6.45) is 16.2. The first-order chi connectivity index (χ1) is 28.1. The molecular weight excluding hydrogens is 859 g/mol. The van der Waals surface area contributed by atoms with Crippen LogP contribution in [-0.4, -0.2) is 3.21 Å². The van der Waals surface area contributed by atoms with Crippen LogP contribution in [0.15, 0.2) is 132 Å². The molecule has 61 heavy (non-hydrogen) atoms. The Hall–Kier alpha value is -2.57. The summed E-state index contributed by atoms with van der Waals surface area (Å²) in [6.45, 7) is 22.5. The number of allylic oxidation sites excluding steroid dienone is 6. The Kier molecular flexibility index (Phi) is 13.3. The van der Waals surface area contributed by atoms with E-state index in [1.807, 2.05) is 0 Å². The maximum absolute atomic E-state index is 2.62. The Bertz CT molecular complexity index is 2250. The summed E-state index contributed by atoms with van der Waals surface area (Å²) in [5.74, 6) is 7.47. The van der Waals surface area contributed by atoms with Gasteiger partial charge >= 0.3 is 99.2 Å². The zero-order valence-electron chi connectivity index (χ0n) is 38.3. The molecule has 0 aliphatic heterocycles. The van der Waals surface area contributed by atoms with Gasteiger partial charge in [-0.1, -0.05) is 126 Å². The fourth-order valence-electron chi connectivity index (χ4n) is 14.2. The van der Waals surface area contributed by atoms with Crippen molar-refractivity contribution < 1.29 is 49.0 Å². The second-order valence-electron chi connectivity index (χ2n) is 21.5. The molecule has 0 aromatic heterocycles. The number of benzene rings is 3. The van der Waals surface area contributed by atoms with Gasteiger partial charge in [-0.2, -0.15) is 34.4 Å². The van der Waals surface area contributed by atoms with Crippen molar-refractivity contribution in [2.24, 2.45) is 51.2 Å². The molecule has 2 atom stereocenters. The van der Waals surface area contributed by atoms with Gasteiger partial charge in [-0.3, -0.25) is 0 Å². The average Bonchev–Trinajstić information content (AvgIpc) is 3.84. The van der Waals surface area contributed by atoms with Gasteiger partial charge in [0.25, 0.3) is 0 Å². The van der Waals surface area contributed by atoms with Gasteiger partial charge in [0.2, 0.25) is 0 Å². The third-order valence-corrected chi connectivity index (χ3v) is 19.9. The first-order valence-corrected chi connectivity index (χ1v) is 24.4. The first-order valence-electron chi connectivity index (χ1n) is 23.1. The normalized spacial score (nSPS) is 29.9. The summed E-state index contributed by atoms with van der Waals surface area (Å²) in [6, 6.07) is 37.4. The second kappa shape index (κ2) is 17.4. The van der Waals surface area contributed by atoms with Crippen LogP contribution >= 0.6 is 0 Å². The molecular formula is C58H68Cl2Zr-2. The summed E-state index contributed by atoms with van der Waals surface area (Å²) in [5.41, 5.74) is 16.1. The third-order valence-electron chi connectivity index (χ3n) is 18.5. The van der Waals surface area contributed by atoms with Gasteiger partial charge in [-0.25, -0.2) is 12.0 Å². The van der Waals surface area contributed by atoms with Crippen molar-refractivity contribution in [1.29, 1.82) is 0 Å². The van der Waals surface area contributed by atoms with Gasteiger partial charge in [0, 0.05) is 0 Å². The van der Waals surface area contributed by atoms with Gasteiger partial charge in [0.1, 0.15) is 0 Å². The molecule has 12 rings (SSSR count). The molecule has 0 saturated heterocycles. The van der Waals surface area contributed by atoms with Crippen LogP contribution in [0.2, 0.25) is 0 Å². The van der Waals surface area contributed by atoms with E-state index in [9.17, 15) is 0 Å². The summed E-state index contributed by atoms with van der Waals surface area (Å²) in [7, 11) is 0. The minimum absolute atomic E-state index is 0. The van der Waals surface area contributed by atoms with Gasteiger partial charge in [-0.05, 0) is 96.3 Å². The predicted octanol–water partition coefficient (Wildman–Crippen LogP) is 9.03. The standard InChI is InChI=1S/C29H37.C16H21.C13H10.2ClH.Zr/c1-18-25-22-17-19-13-9-10-14-20(19)24(22)21-15-11-12-16-23(21)29(25,8)28(6,7)27(4,5)26(18,2)3;1-10-2-3-13(4-10)16-14-6-11-5-12(8-14)9-15(16)7-11;1-3-7-12(8-4-1)11-13-9-5-2-6-10-13;;;/h9-11,13-15,23H,12,16-17H2,1-8H3;2-4,11-12,14-16H,5-9H2,1H3;1-10H;2*1H;/q2*-1;;;;+2/p-2. The van der Waals surface area contributed by atoms with Crippen molar-refractivity contribution >= 4 is 8.78 Å². The average molecular weight is 927 g/mol. The van der Waals surface area contributed by atoms with Crippen molar-refractivity contribution in [2.75, 3.05) is 0 Å². The van der Waals surface area contributed by atoms with E-state index in [-0.39, 0.29) is 46.5 Å². The van der Waals surface area contributed by atoms with Crippen LogP contribution in [-0.2, 0) is 30.7 Å². The molecule has 5 fully saturated rings. The van der Waals surface area contributed by atoms with E-state index in [0.29, 0.717) is 5.92 Å². The number of halogens is 2. The Morgan fingerprint density at radius 2 is 1.28 bits per heavy atom. The zero-order valence-corrected chi connectivity index (χ0v) is 42.3. The van der Waals surface area contributed by atoms with E-state index >= 15 is 0 Å². The third kappa shape index (κ3) is 7.50. The number of aryl methyl sites for hydroxylation is 1. The molecule has 0 amide bonds. The van der Waals surface area contributed by atoms with Gasteiger partial charge in [0.05, 0.1) is 0 Å². The molecule has 8 aliphatic carbocycles. The SMILES string of the molecule is C[C-]1C2=C3Cc4ccccc4C3=C3C=CCCC3C2(C)C(C)(C)C(C)(C)C1(C)C.Cc1cc(C2C3CC4CC(C3)CC2C4)c[cH-]1.[Cl-].[Cl-].[Zr+2]=[C](c1ccccc1)c1ccccc1. The number of fused-ring (bicyclic) bond motifs is 6. The monoisotopic (exact) mass is 924 g/mol. The molecule has 0 radical (unpaired) electrons. The summed E-state index contributed by atoms with van der Waals surface area (Å²) in [4.78, 5) is 0. The molecule has 5 saturated carbocycles.